The summed E-state index contributed by atoms with van der Waals surface area (Å²) < 4.78 is 1.48. The van der Waals surface area contributed by atoms with Gasteiger partial charge in [-0.05, 0) is 36.4 Å². The van der Waals surface area contributed by atoms with E-state index in [1.165, 1.54) is 10.7 Å². The molecule has 0 atom stereocenters. The zero-order valence-corrected chi connectivity index (χ0v) is 16.0. The molecule has 0 unspecified atom stereocenters. The van der Waals surface area contributed by atoms with Crippen LogP contribution in [0.5, 0.6) is 0 Å². The van der Waals surface area contributed by atoms with Gasteiger partial charge in [0.2, 0.25) is 0 Å². The molecule has 0 N–H and O–H groups in total. The maximum Gasteiger partial charge on any atom is 0.266 e. The lowest BCUT2D eigenvalue weighted by Crippen LogP contribution is -2.52. The number of fused-ring (bicyclic) bond motifs is 1. The van der Waals surface area contributed by atoms with Crippen LogP contribution in [0.25, 0.3) is 22.3 Å². The maximum absolute atomic E-state index is 12.8. The fourth-order valence-electron chi connectivity index (χ4n) is 3.63. The van der Waals surface area contributed by atoms with Gasteiger partial charge in [0, 0.05) is 61.0 Å². The summed E-state index contributed by atoms with van der Waals surface area (Å²) in [5.74, 6) is 0.150. The van der Waals surface area contributed by atoms with Crippen molar-refractivity contribution in [1.82, 2.24) is 29.6 Å². The number of carbonyl (C=O) groups excluding carboxylic acids is 1. The number of rotatable bonds is 4. The molecule has 1 aliphatic rings. The molecule has 8 nitrogen and oxygen atoms in total. The minimum Gasteiger partial charge on any atom is -0.338 e. The van der Waals surface area contributed by atoms with Gasteiger partial charge in [0.15, 0.2) is 0 Å². The SMILES string of the molecule is O=C(c1ccc2nccnc2c1)N1CC(Cn2nc(-c3ccncc3)ccc2=O)C1. The lowest BCUT2D eigenvalue weighted by Gasteiger charge is -2.39. The van der Waals surface area contributed by atoms with Gasteiger partial charge < -0.3 is 4.90 Å². The van der Waals surface area contributed by atoms with Crippen molar-refractivity contribution in [3.63, 3.8) is 0 Å². The Morgan fingerprint density at radius 3 is 2.50 bits per heavy atom. The Bertz CT molecular complexity index is 1280. The number of nitrogens with zero attached hydrogens (tertiary/aromatic N) is 6. The third-order valence-electron chi connectivity index (χ3n) is 5.23. The molecule has 30 heavy (non-hydrogen) atoms. The molecule has 0 bridgehead atoms. The Morgan fingerprint density at radius 1 is 0.933 bits per heavy atom. The third-order valence-corrected chi connectivity index (χ3v) is 5.23. The summed E-state index contributed by atoms with van der Waals surface area (Å²) in [5.41, 5.74) is 3.53. The van der Waals surface area contributed by atoms with Gasteiger partial charge in [0.05, 0.1) is 23.3 Å². The topological polar surface area (TPSA) is 93.9 Å². The Labute approximate surface area is 171 Å². The van der Waals surface area contributed by atoms with Gasteiger partial charge in [-0.15, -0.1) is 0 Å². The molecule has 148 valence electrons. The van der Waals surface area contributed by atoms with Crippen molar-refractivity contribution in [2.45, 2.75) is 6.54 Å². The summed E-state index contributed by atoms with van der Waals surface area (Å²) in [7, 11) is 0. The molecule has 3 aromatic heterocycles. The third kappa shape index (κ3) is 3.43. The molecule has 1 fully saturated rings. The fraction of sp³-hybridized carbons (Fsp3) is 0.182. The molecule has 5 rings (SSSR count). The molecule has 1 amide bonds. The molecular weight excluding hydrogens is 380 g/mol. The van der Waals surface area contributed by atoms with Gasteiger partial charge >= 0.3 is 0 Å². The van der Waals surface area contributed by atoms with E-state index in [9.17, 15) is 9.59 Å². The molecule has 4 heterocycles. The summed E-state index contributed by atoms with van der Waals surface area (Å²) >= 11 is 0. The molecule has 1 aromatic carbocycles. The Balaban J connectivity index is 1.27. The molecule has 0 saturated carbocycles. The van der Waals surface area contributed by atoms with Gasteiger partial charge in [-0.3, -0.25) is 24.5 Å². The van der Waals surface area contributed by atoms with Gasteiger partial charge in [0.25, 0.3) is 11.5 Å². The van der Waals surface area contributed by atoms with E-state index in [-0.39, 0.29) is 17.4 Å². The molecule has 0 aliphatic carbocycles. The summed E-state index contributed by atoms with van der Waals surface area (Å²) in [4.78, 5) is 39.3. The van der Waals surface area contributed by atoms with Gasteiger partial charge in [-0.1, -0.05) is 0 Å². The zero-order valence-electron chi connectivity index (χ0n) is 16.0. The summed E-state index contributed by atoms with van der Waals surface area (Å²) in [5, 5.41) is 4.48. The van der Waals surface area contributed by atoms with Gasteiger partial charge in [-0.2, -0.15) is 5.10 Å². The van der Waals surface area contributed by atoms with Crippen LogP contribution in [0.4, 0.5) is 0 Å². The monoisotopic (exact) mass is 398 g/mol. The molecule has 1 saturated heterocycles. The molecular formula is C22H18N6O2. The smallest absolute Gasteiger partial charge is 0.266 e. The van der Waals surface area contributed by atoms with Crippen molar-refractivity contribution in [2.75, 3.05) is 13.1 Å². The minimum absolute atomic E-state index is 0.0374. The first-order valence-electron chi connectivity index (χ1n) is 9.66. The van der Waals surface area contributed by atoms with Crippen molar-refractivity contribution in [3.05, 3.63) is 83.2 Å². The average molecular weight is 398 g/mol. The summed E-state index contributed by atoms with van der Waals surface area (Å²) in [6.07, 6.45) is 6.63. The maximum atomic E-state index is 12.8. The first-order valence-corrected chi connectivity index (χ1v) is 9.66. The highest BCUT2D eigenvalue weighted by atomic mass is 16.2. The Morgan fingerprint density at radius 2 is 1.70 bits per heavy atom. The number of likely N-dealkylation sites (tertiary alicyclic amines) is 1. The number of benzene rings is 1. The van der Waals surface area contributed by atoms with Crippen molar-refractivity contribution in [2.24, 2.45) is 5.92 Å². The predicted molar refractivity (Wildman–Crippen MR) is 111 cm³/mol. The second-order valence-corrected chi connectivity index (χ2v) is 7.31. The van der Waals surface area contributed by atoms with Crippen LogP contribution in [0.15, 0.2) is 72.0 Å². The number of carbonyl (C=O) groups is 1. The van der Waals surface area contributed by atoms with Crippen LogP contribution < -0.4 is 5.56 Å². The van der Waals surface area contributed by atoms with E-state index >= 15 is 0 Å². The van der Waals surface area contributed by atoms with Crippen LogP contribution in [0.3, 0.4) is 0 Å². The molecule has 1 aliphatic heterocycles. The second kappa shape index (κ2) is 7.47. The molecule has 4 aromatic rings. The van der Waals surface area contributed by atoms with Crippen molar-refractivity contribution in [3.8, 4) is 11.3 Å². The van der Waals surface area contributed by atoms with Crippen LogP contribution in [-0.4, -0.2) is 48.6 Å². The minimum atomic E-state index is -0.148. The quantitative estimate of drug-likeness (QED) is 0.522. The Kier molecular flexibility index (Phi) is 4.51. The average Bonchev–Trinajstić information content (AvgIpc) is 2.77. The van der Waals surface area contributed by atoms with Crippen LogP contribution in [-0.2, 0) is 6.54 Å². The number of hydrogen-bond donors (Lipinski definition) is 0. The number of aromatic nitrogens is 5. The highest BCUT2D eigenvalue weighted by molar-refractivity contribution is 5.97. The first-order chi connectivity index (χ1) is 14.7. The largest absolute Gasteiger partial charge is 0.338 e. The highest BCUT2D eigenvalue weighted by Gasteiger charge is 2.32. The molecule has 0 radical (unpaired) electrons. The second-order valence-electron chi connectivity index (χ2n) is 7.31. The fourth-order valence-corrected chi connectivity index (χ4v) is 3.63. The zero-order chi connectivity index (χ0) is 20.5. The normalized spacial score (nSPS) is 13.9. The first kappa shape index (κ1) is 18.1. The van der Waals surface area contributed by atoms with Crippen LogP contribution in [0.2, 0.25) is 0 Å². The van der Waals surface area contributed by atoms with Crippen molar-refractivity contribution >= 4 is 16.9 Å². The van der Waals surface area contributed by atoms with E-state index in [0.29, 0.717) is 30.7 Å². The Hall–Kier alpha value is -3.94. The summed E-state index contributed by atoms with van der Waals surface area (Å²) in [6.45, 7) is 1.65. The lowest BCUT2D eigenvalue weighted by atomic mass is 9.98. The predicted octanol–water partition coefficient (Wildman–Crippen LogP) is 2.02. The van der Waals surface area contributed by atoms with Crippen LogP contribution >= 0.6 is 0 Å². The number of hydrogen-bond acceptors (Lipinski definition) is 6. The van der Waals surface area contributed by atoms with Crippen molar-refractivity contribution in [1.29, 1.82) is 0 Å². The highest BCUT2D eigenvalue weighted by Crippen LogP contribution is 2.22. The van der Waals surface area contributed by atoms with Gasteiger partial charge in [0.1, 0.15) is 0 Å². The number of pyridine rings is 1. The van der Waals surface area contributed by atoms with E-state index in [0.717, 1.165) is 16.8 Å². The van der Waals surface area contributed by atoms with Crippen LogP contribution in [0.1, 0.15) is 10.4 Å². The van der Waals surface area contributed by atoms with Crippen molar-refractivity contribution < 1.29 is 4.79 Å². The van der Waals surface area contributed by atoms with E-state index in [1.807, 2.05) is 12.1 Å². The molecule has 0 spiro atoms. The van der Waals surface area contributed by atoms with E-state index in [1.54, 1.807) is 54.0 Å². The van der Waals surface area contributed by atoms with E-state index in [4.69, 9.17) is 0 Å². The van der Waals surface area contributed by atoms with E-state index in [2.05, 4.69) is 20.1 Å². The lowest BCUT2D eigenvalue weighted by molar-refractivity contribution is 0.0459. The van der Waals surface area contributed by atoms with Crippen LogP contribution in [0, 0.1) is 5.92 Å². The molecule has 8 heteroatoms. The van der Waals surface area contributed by atoms with E-state index < -0.39 is 0 Å². The summed E-state index contributed by atoms with van der Waals surface area (Å²) in [6, 6.07) is 12.3. The standard InChI is InChI=1S/C22H18N6O2/c29-21-4-3-18(16-5-7-23-8-6-16)26-28(21)14-15-12-27(13-15)22(30)17-1-2-19-20(11-17)25-10-9-24-19/h1-11,15H,12-14H2. The number of amides is 1. The van der Waals surface area contributed by atoms with Gasteiger partial charge in [-0.25, -0.2) is 4.68 Å².